The summed E-state index contributed by atoms with van der Waals surface area (Å²) in [6, 6.07) is 7.66. The van der Waals surface area contributed by atoms with Crippen LogP contribution in [0.2, 0.25) is 0 Å². The molecule has 166 valence electrons. The van der Waals surface area contributed by atoms with Gasteiger partial charge in [-0.3, -0.25) is 4.99 Å². The summed E-state index contributed by atoms with van der Waals surface area (Å²) in [5, 5.41) is 6.80. The summed E-state index contributed by atoms with van der Waals surface area (Å²) < 4.78 is 16.3. The summed E-state index contributed by atoms with van der Waals surface area (Å²) >= 11 is 0. The van der Waals surface area contributed by atoms with E-state index in [1.54, 1.807) is 21.3 Å². The van der Waals surface area contributed by atoms with E-state index in [4.69, 9.17) is 14.2 Å². The van der Waals surface area contributed by atoms with E-state index in [0.717, 1.165) is 50.2 Å². The van der Waals surface area contributed by atoms with E-state index in [2.05, 4.69) is 20.5 Å². The average Bonchev–Trinajstić information content (AvgIpc) is 2.73. The molecule has 29 heavy (non-hydrogen) atoms. The van der Waals surface area contributed by atoms with Gasteiger partial charge < -0.3 is 29.7 Å². The van der Waals surface area contributed by atoms with Gasteiger partial charge in [-0.15, -0.1) is 24.0 Å². The molecule has 1 heterocycles. The molecule has 1 atom stereocenters. The predicted octanol–water partition coefficient (Wildman–Crippen LogP) is 2.60. The third-order valence-electron chi connectivity index (χ3n) is 5.04. The van der Waals surface area contributed by atoms with Crippen LogP contribution in [0.25, 0.3) is 0 Å². The Morgan fingerprint density at radius 1 is 1.21 bits per heavy atom. The van der Waals surface area contributed by atoms with Gasteiger partial charge in [0.1, 0.15) is 17.6 Å². The number of piperidine rings is 1. The fourth-order valence-corrected chi connectivity index (χ4v) is 3.29. The molecule has 7 nitrogen and oxygen atoms in total. The smallest absolute Gasteiger partial charge is 0.191 e. The van der Waals surface area contributed by atoms with Crippen molar-refractivity contribution in [2.24, 2.45) is 10.9 Å². The summed E-state index contributed by atoms with van der Waals surface area (Å²) in [7, 11) is 5.22. The first-order valence-corrected chi connectivity index (χ1v) is 10.1. The summed E-state index contributed by atoms with van der Waals surface area (Å²) in [5.41, 5.74) is 0. The number of methoxy groups -OCH3 is 2. The zero-order valence-corrected chi connectivity index (χ0v) is 20.5. The van der Waals surface area contributed by atoms with Crippen molar-refractivity contribution in [2.75, 3.05) is 60.6 Å². The molecule has 0 saturated carbocycles. The number of hydrogen-bond donors (Lipinski definition) is 2. The summed E-state index contributed by atoms with van der Waals surface area (Å²) in [6.07, 6.45) is 2.43. The summed E-state index contributed by atoms with van der Waals surface area (Å²) in [4.78, 5) is 6.80. The van der Waals surface area contributed by atoms with Gasteiger partial charge in [-0.25, -0.2) is 0 Å². The fourth-order valence-electron chi connectivity index (χ4n) is 3.29. The number of nitrogens with one attached hydrogen (secondary N) is 2. The lowest BCUT2D eigenvalue weighted by atomic mass is 9.97. The highest BCUT2D eigenvalue weighted by molar-refractivity contribution is 14.0. The molecule has 1 aliphatic rings. The first kappa shape index (κ1) is 25.8. The Balaban J connectivity index is 0.00000420. The number of benzene rings is 1. The van der Waals surface area contributed by atoms with Crippen LogP contribution in [0.15, 0.2) is 29.3 Å². The van der Waals surface area contributed by atoms with Crippen molar-refractivity contribution >= 4 is 29.9 Å². The highest BCUT2D eigenvalue weighted by Gasteiger charge is 2.19. The van der Waals surface area contributed by atoms with E-state index in [9.17, 15) is 0 Å². The molecule has 2 rings (SSSR count). The number of guanidine groups is 1. The van der Waals surface area contributed by atoms with E-state index >= 15 is 0 Å². The van der Waals surface area contributed by atoms with Crippen molar-refractivity contribution in [3.05, 3.63) is 24.3 Å². The molecule has 8 heteroatoms. The van der Waals surface area contributed by atoms with Crippen LogP contribution in [0, 0.1) is 5.92 Å². The molecule has 2 N–H and O–H groups in total. The molecular formula is C21H37IN4O3. The Bertz CT molecular complexity index is 595. The van der Waals surface area contributed by atoms with Gasteiger partial charge in [0.2, 0.25) is 0 Å². The Morgan fingerprint density at radius 2 is 1.93 bits per heavy atom. The second-order valence-corrected chi connectivity index (χ2v) is 7.22. The minimum absolute atomic E-state index is 0. The molecule has 0 amide bonds. The number of hydrogen-bond acceptors (Lipinski definition) is 5. The molecule has 0 radical (unpaired) electrons. The van der Waals surface area contributed by atoms with Gasteiger partial charge >= 0.3 is 0 Å². The van der Waals surface area contributed by atoms with Gasteiger partial charge in [0, 0.05) is 33.3 Å². The third-order valence-corrected chi connectivity index (χ3v) is 5.04. The van der Waals surface area contributed by atoms with Crippen LogP contribution in [0.5, 0.6) is 11.5 Å². The van der Waals surface area contributed by atoms with Crippen LogP contribution in [0.3, 0.4) is 0 Å². The highest BCUT2D eigenvalue weighted by Crippen LogP contribution is 2.20. The van der Waals surface area contributed by atoms with Crippen molar-refractivity contribution < 1.29 is 14.2 Å². The van der Waals surface area contributed by atoms with E-state index in [1.165, 1.54) is 12.8 Å². The topological polar surface area (TPSA) is 67.4 Å². The maximum atomic E-state index is 5.95. The number of likely N-dealkylation sites (tertiary alicyclic amines) is 1. The summed E-state index contributed by atoms with van der Waals surface area (Å²) in [5.74, 6) is 3.10. The van der Waals surface area contributed by atoms with Gasteiger partial charge in [0.25, 0.3) is 0 Å². The normalized spacial score (nSPS) is 16.6. The fraction of sp³-hybridized carbons (Fsp3) is 0.667. The maximum Gasteiger partial charge on any atom is 0.191 e. The number of nitrogens with zero attached hydrogens (tertiary/aromatic N) is 2. The molecule has 1 aromatic carbocycles. The molecule has 0 aliphatic carbocycles. The molecule has 0 aromatic heterocycles. The molecule has 1 fully saturated rings. The molecular weight excluding hydrogens is 483 g/mol. The quantitative estimate of drug-likeness (QED) is 0.281. The van der Waals surface area contributed by atoms with Gasteiger partial charge in [0.15, 0.2) is 5.96 Å². The van der Waals surface area contributed by atoms with Gasteiger partial charge in [0.05, 0.1) is 20.3 Å². The monoisotopic (exact) mass is 520 g/mol. The minimum atomic E-state index is 0. The molecule has 0 bridgehead atoms. The Morgan fingerprint density at radius 3 is 2.59 bits per heavy atom. The second kappa shape index (κ2) is 14.7. The molecule has 1 aromatic rings. The number of rotatable bonds is 10. The maximum absolute atomic E-state index is 5.95. The Hall–Kier alpha value is -1.26. The van der Waals surface area contributed by atoms with Gasteiger partial charge in [-0.05, 0) is 50.9 Å². The van der Waals surface area contributed by atoms with Crippen LogP contribution >= 0.6 is 24.0 Å². The first-order valence-electron chi connectivity index (χ1n) is 10.1. The zero-order chi connectivity index (χ0) is 20.2. The third kappa shape index (κ3) is 9.86. The van der Waals surface area contributed by atoms with Crippen molar-refractivity contribution in [2.45, 2.75) is 25.9 Å². The SMILES string of the molecule is CN=C(NCC1CCN(CCOC)CC1)NCC(C)Oc1cccc(OC)c1.I. The summed E-state index contributed by atoms with van der Waals surface area (Å²) in [6.45, 7) is 7.80. The van der Waals surface area contributed by atoms with Crippen molar-refractivity contribution in [3.8, 4) is 11.5 Å². The number of halogens is 1. The number of aliphatic imine (C=N–C) groups is 1. The van der Waals surface area contributed by atoms with Crippen LogP contribution in [-0.4, -0.2) is 77.6 Å². The molecule has 1 aliphatic heterocycles. The van der Waals surface area contributed by atoms with Crippen molar-refractivity contribution in [1.29, 1.82) is 0 Å². The molecule has 1 unspecified atom stereocenters. The molecule has 0 spiro atoms. The number of ether oxygens (including phenoxy) is 3. The van der Waals surface area contributed by atoms with Gasteiger partial charge in [-0.2, -0.15) is 0 Å². The lowest BCUT2D eigenvalue weighted by molar-refractivity contribution is 0.121. The van der Waals surface area contributed by atoms with E-state index in [-0.39, 0.29) is 30.1 Å². The van der Waals surface area contributed by atoms with E-state index in [0.29, 0.717) is 12.5 Å². The zero-order valence-electron chi connectivity index (χ0n) is 18.1. The Labute approximate surface area is 192 Å². The lowest BCUT2D eigenvalue weighted by Crippen LogP contribution is -2.45. The van der Waals surface area contributed by atoms with Crippen LogP contribution in [-0.2, 0) is 4.74 Å². The largest absolute Gasteiger partial charge is 0.497 e. The highest BCUT2D eigenvalue weighted by atomic mass is 127. The van der Waals surface area contributed by atoms with E-state index in [1.807, 2.05) is 31.2 Å². The van der Waals surface area contributed by atoms with Crippen LogP contribution < -0.4 is 20.1 Å². The first-order chi connectivity index (χ1) is 13.6. The van der Waals surface area contributed by atoms with Gasteiger partial charge in [-0.1, -0.05) is 6.07 Å². The average molecular weight is 520 g/mol. The van der Waals surface area contributed by atoms with Crippen molar-refractivity contribution in [3.63, 3.8) is 0 Å². The van der Waals surface area contributed by atoms with Crippen molar-refractivity contribution in [1.82, 2.24) is 15.5 Å². The predicted molar refractivity (Wildman–Crippen MR) is 129 cm³/mol. The standard InChI is InChI=1S/C21H36N4O3.HI/c1-17(28-20-7-5-6-19(14-20)27-4)15-23-21(22-2)24-16-18-8-10-25(11-9-18)12-13-26-3;/h5-7,14,17-18H,8-13,15-16H2,1-4H3,(H2,22,23,24);1H. The minimum Gasteiger partial charge on any atom is -0.497 e. The second-order valence-electron chi connectivity index (χ2n) is 7.22. The van der Waals surface area contributed by atoms with Crippen LogP contribution in [0.4, 0.5) is 0 Å². The molecule has 1 saturated heterocycles. The Kier molecular flexibility index (Phi) is 13.0. The lowest BCUT2D eigenvalue weighted by Gasteiger charge is -2.32. The van der Waals surface area contributed by atoms with Crippen LogP contribution in [0.1, 0.15) is 19.8 Å². The van der Waals surface area contributed by atoms with E-state index < -0.39 is 0 Å².